The van der Waals surface area contributed by atoms with E-state index in [1.165, 1.54) is 28.6 Å². The molecule has 1 aromatic rings. The van der Waals surface area contributed by atoms with E-state index in [1.54, 1.807) is 4.90 Å². The average molecular weight is 388 g/mol. The zero-order valence-electron chi connectivity index (χ0n) is 14.1. The van der Waals surface area contributed by atoms with Gasteiger partial charge in [-0.3, -0.25) is 9.59 Å². The van der Waals surface area contributed by atoms with E-state index >= 15 is 0 Å². The van der Waals surface area contributed by atoms with Crippen molar-refractivity contribution in [2.24, 2.45) is 0 Å². The van der Waals surface area contributed by atoms with Crippen molar-refractivity contribution >= 4 is 33.4 Å². The Bertz CT molecular complexity index is 713. The van der Waals surface area contributed by atoms with Crippen LogP contribution in [0.1, 0.15) is 19.8 Å². The molecule has 0 aromatic heterocycles. The largest absolute Gasteiger partial charge is 0.356 e. The molecule has 9 heteroatoms. The number of hydrogen-bond acceptors (Lipinski definition) is 4. The number of sulfonamides is 1. The highest BCUT2D eigenvalue weighted by Crippen LogP contribution is 2.20. The van der Waals surface area contributed by atoms with Crippen LogP contribution in [0.15, 0.2) is 29.2 Å². The predicted molar refractivity (Wildman–Crippen MR) is 94.7 cm³/mol. The highest BCUT2D eigenvalue weighted by molar-refractivity contribution is 7.89. The molecular formula is C16H22ClN3O4S. The van der Waals surface area contributed by atoms with Gasteiger partial charge in [0.1, 0.15) is 0 Å². The van der Waals surface area contributed by atoms with Gasteiger partial charge in [-0.15, -0.1) is 0 Å². The molecule has 1 saturated heterocycles. The van der Waals surface area contributed by atoms with Gasteiger partial charge in [-0.1, -0.05) is 11.6 Å². The molecule has 1 aliphatic heterocycles. The van der Waals surface area contributed by atoms with E-state index in [2.05, 4.69) is 5.32 Å². The second-order valence-corrected chi connectivity index (χ2v) is 8.07. The molecule has 1 fully saturated rings. The van der Waals surface area contributed by atoms with Gasteiger partial charge in [0.2, 0.25) is 21.8 Å². The summed E-state index contributed by atoms with van der Waals surface area (Å²) in [6.45, 7) is 3.46. The Morgan fingerprint density at radius 3 is 2.24 bits per heavy atom. The minimum absolute atomic E-state index is 0.130. The van der Waals surface area contributed by atoms with E-state index in [0.29, 0.717) is 24.7 Å². The van der Waals surface area contributed by atoms with Gasteiger partial charge in [-0.2, -0.15) is 4.31 Å². The van der Waals surface area contributed by atoms with Crippen LogP contribution in [0.4, 0.5) is 0 Å². The molecule has 0 aliphatic carbocycles. The van der Waals surface area contributed by atoms with Gasteiger partial charge >= 0.3 is 0 Å². The number of benzene rings is 1. The molecule has 1 aromatic carbocycles. The Labute approximate surface area is 153 Å². The van der Waals surface area contributed by atoms with Gasteiger partial charge in [-0.25, -0.2) is 8.42 Å². The number of rotatable bonds is 6. The minimum Gasteiger partial charge on any atom is -0.356 e. The topological polar surface area (TPSA) is 86.8 Å². The molecule has 0 saturated carbocycles. The zero-order chi connectivity index (χ0) is 18.4. The fourth-order valence-electron chi connectivity index (χ4n) is 2.60. The summed E-state index contributed by atoms with van der Waals surface area (Å²) in [5, 5.41) is 3.12. The van der Waals surface area contributed by atoms with Crippen molar-refractivity contribution in [2.45, 2.75) is 24.7 Å². The number of halogens is 1. The van der Waals surface area contributed by atoms with E-state index in [-0.39, 0.29) is 42.6 Å². The van der Waals surface area contributed by atoms with E-state index in [0.717, 1.165) is 0 Å². The normalized spacial score (nSPS) is 15.8. The number of nitrogens with zero attached hydrogens (tertiary/aromatic N) is 2. The van der Waals surface area contributed by atoms with Crippen LogP contribution in [0.3, 0.4) is 0 Å². The molecule has 2 rings (SSSR count). The highest BCUT2D eigenvalue weighted by Gasteiger charge is 2.30. The third kappa shape index (κ3) is 5.17. The van der Waals surface area contributed by atoms with E-state index in [4.69, 9.17) is 11.6 Å². The van der Waals surface area contributed by atoms with Crippen LogP contribution in [0.5, 0.6) is 0 Å². The van der Waals surface area contributed by atoms with Crippen LogP contribution in [0, 0.1) is 0 Å². The first-order valence-electron chi connectivity index (χ1n) is 8.14. The maximum Gasteiger partial charge on any atom is 0.243 e. The maximum atomic E-state index is 12.6. The van der Waals surface area contributed by atoms with Gasteiger partial charge in [0.15, 0.2) is 0 Å². The van der Waals surface area contributed by atoms with Crippen LogP contribution in [0.2, 0.25) is 5.02 Å². The molecule has 0 bridgehead atoms. The first kappa shape index (κ1) is 19.7. The minimum atomic E-state index is -3.59. The van der Waals surface area contributed by atoms with Crippen molar-refractivity contribution in [3.8, 4) is 0 Å². The Morgan fingerprint density at radius 1 is 1.08 bits per heavy atom. The smallest absolute Gasteiger partial charge is 0.243 e. The molecule has 138 valence electrons. The summed E-state index contributed by atoms with van der Waals surface area (Å²) in [7, 11) is -3.59. The van der Waals surface area contributed by atoms with E-state index < -0.39 is 10.0 Å². The van der Waals surface area contributed by atoms with Crippen molar-refractivity contribution in [2.75, 3.05) is 32.7 Å². The average Bonchev–Trinajstić information content (AvgIpc) is 2.60. The molecule has 25 heavy (non-hydrogen) atoms. The molecule has 1 N–H and O–H groups in total. The fourth-order valence-corrected chi connectivity index (χ4v) is 4.15. The van der Waals surface area contributed by atoms with Crippen LogP contribution in [-0.2, 0) is 19.6 Å². The van der Waals surface area contributed by atoms with Crippen LogP contribution in [-0.4, -0.2) is 62.2 Å². The molecule has 0 spiro atoms. The van der Waals surface area contributed by atoms with Crippen molar-refractivity contribution in [3.63, 3.8) is 0 Å². The predicted octanol–water partition coefficient (Wildman–Crippen LogP) is 1.09. The summed E-state index contributed by atoms with van der Waals surface area (Å²) in [4.78, 5) is 25.3. The summed E-state index contributed by atoms with van der Waals surface area (Å²) in [6.07, 6.45) is 0.283. The second kappa shape index (κ2) is 8.64. The Balaban J connectivity index is 1.89. The molecule has 7 nitrogen and oxygen atoms in total. The lowest BCUT2D eigenvalue weighted by molar-refractivity contribution is -0.134. The SMILES string of the molecule is CCNC(=O)CCC(=O)N1CCN(S(=O)(=O)c2ccc(Cl)cc2)CC1. The summed E-state index contributed by atoms with van der Waals surface area (Å²) < 4.78 is 26.5. The third-order valence-corrected chi connectivity index (χ3v) is 6.15. The number of hydrogen-bond donors (Lipinski definition) is 1. The van der Waals surface area contributed by atoms with E-state index in [9.17, 15) is 18.0 Å². The molecule has 1 heterocycles. The summed E-state index contributed by atoms with van der Waals surface area (Å²) in [5.74, 6) is -0.283. The van der Waals surface area contributed by atoms with Crippen molar-refractivity contribution in [3.05, 3.63) is 29.3 Å². The quantitative estimate of drug-likeness (QED) is 0.791. The summed E-state index contributed by atoms with van der Waals surface area (Å²) in [6, 6.07) is 6.02. The van der Waals surface area contributed by atoms with E-state index in [1.807, 2.05) is 6.92 Å². The molecule has 0 unspecified atom stereocenters. The number of nitrogens with one attached hydrogen (secondary N) is 1. The maximum absolute atomic E-state index is 12.6. The van der Waals surface area contributed by atoms with Gasteiger partial charge in [0, 0.05) is 50.6 Å². The van der Waals surface area contributed by atoms with Crippen molar-refractivity contribution in [1.82, 2.24) is 14.5 Å². The summed E-state index contributed by atoms with van der Waals surface area (Å²) in [5.41, 5.74) is 0. The van der Waals surface area contributed by atoms with Crippen LogP contribution >= 0.6 is 11.6 Å². The zero-order valence-corrected chi connectivity index (χ0v) is 15.6. The molecular weight excluding hydrogens is 366 g/mol. The monoisotopic (exact) mass is 387 g/mol. The number of carbonyl (C=O) groups excluding carboxylic acids is 2. The molecule has 0 atom stereocenters. The Kier molecular flexibility index (Phi) is 6.80. The lowest BCUT2D eigenvalue weighted by atomic mass is 10.2. The number of piperazine rings is 1. The number of amides is 2. The number of carbonyl (C=O) groups is 2. The standard InChI is InChI=1S/C16H22ClN3O4S/c1-2-18-15(21)7-8-16(22)19-9-11-20(12-10-19)25(23,24)14-5-3-13(17)4-6-14/h3-6H,2,7-12H2,1H3,(H,18,21). The van der Waals surface area contributed by atoms with Gasteiger partial charge in [-0.05, 0) is 31.2 Å². The lowest BCUT2D eigenvalue weighted by Gasteiger charge is -2.34. The highest BCUT2D eigenvalue weighted by atomic mass is 35.5. The van der Waals surface area contributed by atoms with Gasteiger partial charge in [0.05, 0.1) is 4.90 Å². The Morgan fingerprint density at radius 2 is 1.68 bits per heavy atom. The van der Waals surface area contributed by atoms with Crippen molar-refractivity contribution < 1.29 is 18.0 Å². The molecule has 2 amide bonds. The van der Waals surface area contributed by atoms with Gasteiger partial charge in [0.25, 0.3) is 0 Å². The Hall–Kier alpha value is -1.64. The fraction of sp³-hybridized carbons (Fsp3) is 0.500. The molecule has 0 radical (unpaired) electrons. The first-order valence-corrected chi connectivity index (χ1v) is 9.96. The van der Waals surface area contributed by atoms with Gasteiger partial charge < -0.3 is 10.2 Å². The third-order valence-electron chi connectivity index (χ3n) is 3.98. The summed E-state index contributed by atoms with van der Waals surface area (Å²) >= 11 is 5.79. The van der Waals surface area contributed by atoms with Crippen LogP contribution < -0.4 is 5.32 Å². The lowest BCUT2D eigenvalue weighted by Crippen LogP contribution is -2.50. The second-order valence-electron chi connectivity index (χ2n) is 5.69. The van der Waals surface area contributed by atoms with Crippen molar-refractivity contribution in [1.29, 1.82) is 0 Å². The molecule has 1 aliphatic rings. The first-order chi connectivity index (χ1) is 11.8. The van der Waals surface area contributed by atoms with Crippen LogP contribution in [0.25, 0.3) is 0 Å².